The summed E-state index contributed by atoms with van der Waals surface area (Å²) < 4.78 is 2.01. The molecule has 0 spiro atoms. The zero-order valence-electron chi connectivity index (χ0n) is 9.32. The van der Waals surface area contributed by atoms with Crippen molar-refractivity contribution in [1.82, 2.24) is 20.1 Å². The summed E-state index contributed by atoms with van der Waals surface area (Å²) in [5.41, 5.74) is 0. The standard InChI is InChI=1S/C10H20N4/c1-9(2)7-14-10(12-8-13-14)5-4-6-11-3/h8-9,11H,4-7H2,1-3H3. The Hall–Kier alpha value is -0.900. The van der Waals surface area contributed by atoms with Gasteiger partial charge in [0.2, 0.25) is 0 Å². The molecule has 0 aliphatic carbocycles. The lowest BCUT2D eigenvalue weighted by Crippen LogP contribution is -2.13. The molecule has 0 atom stereocenters. The van der Waals surface area contributed by atoms with Gasteiger partial charge in [-0.3, -0.25) is 0 Å². The van der Waals surface area contributed by atoms with E-state index in [2.05, 4.69) is 29.2 Å². The Morgan fingerprint density at radius 1 is 1.50 bits per heavy atom. The summed E-state index contributed by atoms with van der Waals surface area (Å²) in [4.78, 5) is 4.27. The second-order valence-corrected chi connectivity index (χ2v) is 3.96. The highest BCUT2D eigenvalue weighted by molar-refractivity contribution is 4.85. The Balaban J connectivity index is 2.45. The van der Waals surface area contributed by atoms with Gasteiger partial charge in [0.25, 0.3) is 0 Å². The van der Waals surface area contributed by atoms with Crippen LogP contribution in [0.5, 0.6) is 0 Å². The highest BCUT2D eigenvalue weighted by Crippen LogP contribution is 2.03. The lowest BCUT2D eigenvalue weighted by atomic mass is 10.2. The molecule has 0 fully saturated rings. The third kappa shape index (κ3) is 3.46. The van der Waals surface area contributed by atoms with E-state index in [4.69, 9.17) is 0 Å². The SMILES string of the molecule is CNCCCc1ncnn1CC(C)C. The van der Waals surface area contributed by atoms with Crippen LogP contribution in [-0.2, 0) is 13.0 Å². The van der Waals surface area contributed by atoms with Crippen LogP contribution in [0.4, 0.5) is 0 Å². The van der Waals surface area contributed by atoms with Crippen LogP contribution in [0.25, 0.3) is 0 Å². The van der Waals surface area contributed by atoms with Crippen LogP contribution in [0.3, 0.4) is 0 Å². The van der Waals surface area contributed by atoms with Gasteiger partial charge in [-0.2, -0.15) is 5.10 Å². The van der Waals surface area contributed by atoms with Gasteiger partial charge in [-0.15, -0.1) is 0 Å². The Labute approximate surface area is 85.7 Å². The number of nitrogens with one attached hydrogen (secondary N) is 1. The van der Waals surface area contributed by atoms with E-state index in [1.54, 1.807) is 6.33 Å². The zero-order valence-corrected chi connectivity index (χ0v) is 9.32. The van der Waals surface area contributed by atoms with E-state index in [9.17, 15) is 0 Å². The molecule has 0 aliphatic rings. The number of rotatable bonds is 6. The largest absolute Gasteiger partial charge is 0.320 e. The zero-order chi connectivity index (χ0) is 10.4. The van der Waals surface area contributed by atoms with Crippen molar-refractivity contribution in [2.24, 2.45) is 5.92 Å². The van der Waals surface area contributed by atoms with Crippen LogP contribution in [-0.4, -0.2) is 28.4 Å². The molecule has 1 N–H and O–H groups in total. The molecule has 1 aromatic heterocycles. The fourth-order valence-corrected chi connectivity index (χ4v) is 1.40. The van der Waals surface area contributed by atoms with E-state index >= 15 is 0 Å². The maximum absolute atomic E-state index is 4.27. The van der Waals surface area contributed by atoms with Crippen molar-refractivity contribution >= 4 is 0 Å². The van der Waals surface area contributed by atoms with Gasteiger partial charge in [-0.25, -0.2) is 9.67 Å². The smallest absolute Gasteiger partial charge is 0.138 e. The molecule has 0 amide bonds. The quantitative estimate of drug-likeness (QED) is 0.692. The fourth-order valence-electron chi connectivity index (χ4n) is 1.40. The maximum Gasteiger partial charge on any atom is 0.138 e. The molecule has 0 saturated carbocycles. The van der Waals surface area contributed by atoms with Gasteiger partial charge in [0.1, 0.15) is 12.2 Å². The first-order valence-corrected chi connectivity index (χ1v) is 5.25. The van der Waals surface area contributed by atoms with E-state index in [0.29, 0.717) is 5.92 Å². The van der Waals surface area contributed by atoms with Gasteiger partial charge >= 0.3 is 0 Å². The van der Waals surface area contributed by atoms with Crippen LogP contribution in [0.1, 0.15) is 26.1 Å². The van der Waals surface area contributed by atoms with Crippen molar-refractivity contribution in [3.05, 3.63) is 12.2 Å². The molecule has 80 valence electrons. The van der Waals surface area contributed by atoms with E-state index in [1.807, 2.05) is 11.7 Å². The van der Waals surface area contributed by atoms with Gasteiger partial charge in [0.05, 0.1) is 0 Å². The lowest BCUT2D eigenvalue weighted by molar-refractivity contribution is 0.463. The molecule has 1 aromatic rings. The highest BCUT2D eigenvalue weighted by atomic mass is 15.3. The minimum Gasteiger partial charge on any atom is -0.320 e. The van der Waals surface area contributed by atoms with Gasteiger partial charge in [-0.05, 0) is 25.9 Å². The third-order valence-corrected chi connectivity index (χ3v) is 2.06. The monoisotopic (exact) mass is 196 g/mol. The predicted molar refractivity (Wildman–Crippen MR) is 57.1 cm³/mol. The molecule has 0 saturated heterocycles. The summed E-state index contributed by atoms with van der Waals surface area (Å²) in [6, 6.07) is 0. The Bertz CT molecular complexity index is 254. The molecule has 0 unspecified atom stereocenters. The van der Waals surface area contributed by atoms with E-state index in [-0.39, 0.29) is 0 Å². The van der Waals surface area contributed by atoms with Crippen molar-refractivity contribution in [3.8, 4) is 0 Å². The molecule has 14 heavy (non-hydrogen) atoms. The minimum absolute atomic E-state index is 0.625. The predicted octanol–water partition coefficient (Wildman–Crippen LogP) is 1.09. The molecule has 0 radical (unpaired) electrons. The molecule has 0 aliphatic heterocycles. The highest BCUT2D eigenvalue weighted by Gasteiger charge is 2.04. The first-order valence-electron chi connectivity index (χ1n) is 5.25. The Morgan fingerprint density at radius 2 is 2.29 bits per heavy atom. The van der Waals surface area contributed by atoms with Gasteiger partial charge < -0.3 is 5.32 Å². The molecular formula is C10H20N4. The van der Waals surface area contributed by atoms with Crippen LogP contribution in [0.15, 0.2) is 6.33 Å². The minimum atomic E-state index is 0.625. The normalized spacial score (nSPS) is 11.1. The number of hydrogen-bond donors (Lipinski definition) is 1. The maximum atomic E-state index is 4.27. The summed E-state index contributed by atoms with van der Waals surface area (Å²) in [5.74, 6) is 1.73. The van der Waals surface area contributed by atoms with Crippen molar-refractivity contribution in [2.45, 2.75) is 33.2 Å². The topological polar surface area (TPSA) is 42.7 Å². The number of aromatic nitrogens is 3. The number of nitrogens with zero attached hydrogens (tertiary/aromatic N) is 3. The first kappa shape index (κ1) is 11.2. The molecule has 4 heteroatoms. The Morgan fingerprint density at radius 3 is 2.93 bits per heavy atom. The van der Waals surface area contributed by atoms with E-state index < -0.39 is 0 Å². The second kappa shape index (κ2) is 5.75. The van der Waals surface area contributed by atoms with Gasteiger partial charge in [0.15, 0.2) is 0 Å². The fraction of sp³-hybridized carbons (Fsp3) is 0.800. The molecule has 0 bridgehead atoms. The van der Waals surface area contributed by atoms with Crippen molar-refractivity contribution in [2.75, 3.05) is 13.6 Å². The molecule has 4 nitrogen and oxygen atoms in total. The molecular weight excluding hydrogens is 176 g/mol. The number of hydrogen-bond acceptors (Lipinski definition) is 3. The van der Waals surface area contributed by atoms with Crippen LogP contribution < -0.4 is 5.32 Å². The summed E-state index contributed by atoms with van der Waals surface area (Å²) in [7, 11) is 1.97. The average molecular weight is 196 g/mol. The van der Waals surface area contributed by atoms with Gasteiger partial charge in [-0.1, -0.05) is 13.8 Å². The Kier molecular flexibility index (Phi) is 4.59. The summed E-state index contributed by atoms with van der Waals surface area (Å²) in [5, 5.41) is 7.35. The van der Waals surface area contributed by atoms with Crippen LogP contribution >= 0.6 is 0 Å². The van der Waals surface area contributed by atoms with Crippen LogP contribution in [0, 0.1) is 5.92 Å². The van der Waals surface area contributed by atoms with Crippen LogP contribution in [0.2, 0.25) is 0 Å². The van der Waals surface area contributed by atoms with E-state index in [1.165, 1.54) is 0 Å². The molecule has 1 rings (SSSR count). The number of aryl methyl sites for hydroxylation is 1. The molecule has 0 aromatic carbocycles. The molecule has 1 heterocycles. The lowest BCUT2D eigenvalue weighted by Gasteiger charge is -2.07. The summed E-state index contributed by atoms with van der Waals surface area (Å²) in [6.07, 6.45) is 3.78. The van der Waals surface area contributed by atoms with Crippen molar-refractivity contribution in [1.29, 1.82) is 0 Å². The average Bonchev–Trinajstić information content (AvgIpc) is 2.52. The van der Waals surface area contributed by atoms with Gasteiger partial charge in [0, 0.05) is 13.0 Å². The van der Waals surface area contributed by atoms with Crippen molar-refractivity contribution in [3.63, 3.8) is 0 Å². The van der Waals surface area contributed by atoms with Crippen molar-refractivity contribution < 1.29 is 0 Å². The second-order valence-electron chi connectivity index (χ2n) is 3.96. The van der Waals surface area contributed by atoms with E-state index in [0.717, 1.165) is 31.8 Å². The third-order valence-electron chi connectivity index (χ3n) is 2.06. The summed E-state index contributed by atoms with van der Waals surface area (Å²) in [6.45, 7) is 6.39. The first-order chi connectivity index (χ1) is 6.74. The summed E-state index contributed by atoms with van der Waals surface area (Å²) >= 11 is 0.